The molecule has 3 aromatic heterocycles. The fourth-order valence-corrected chi connectivity index (χ4v) is 3.06. The van der Waals surface area contributed by atoms with Crippen LogP contribution in [0.2, 0.25) is 5.02 Å². The van der Waals surface area contributed by atoms with Crippen LogP contribution in [-0.4, -0.2) is 25.0 Å². The lowest BCUT2D eigenvalue weighted by Crippen LogP contribution is -1.99. The van der Waals surface area contributed by atoms with E-state index in [0.29, 0.717) is 29.1 Å². The second-order valence-electron chi connectivity index (χ2n) is 5.12. The normalized spacial score (nSPS) is 11.1. The zero-order chi connectivity index (χ0) is 17.1. The lowest BCUT2D eigenvalue weighted by molar-refractivity contribution is 0.484. The Labute approximate surface area is 152 Å². The van der Waals surface area contributed by atoms with Crippen LogP contribution in [0.4, 0.5) is 0 Å². The van der Waals surface area contributed by atoms with Crippen LogP contribution in [0.1, 0.15) is 11.7 Å². The average molecular weight is 374 g/mol. The third-order valence-electron chi connectivity index (χ3n) is 3.37. The van der Waals surface area contributed by atoms with Crippen LogP contribution in [0.5, 0.6) is 0 Å². The minimum Gasteiger partial charge on any atom is -0.467 e. The van der Waals surface area contributed by atoms with E-state index in [4.69, 9.17) is 20.4 Å². The van der Waals surface area contributed by atoms with Gasteiger partial charge in [0.05, 0.1) is 18.6 Å². The van der Waals surface area contributed by atoms with Crippen LogP contribution in [0, 0.1) is 0 Å². The van der Waals surface area contributed by atoms with Gasteiger partial charge in [-0.25, -0.2) is 0 Å². The van der Waals surface area contributed by atoms with E-state index >= 15 is 0 Å². The Balaban J connectivity index is 1.42. The fourth-order valence-electron chi connectivity index (χ4n) is 2.18. The molecular weight excluding hydrogens is 362 g/mol. The van der Waals surface area contributed by atoms with Gasteiger partial charge < -0.3 is 13.4 Å². The molecule has 1 aromatic carbocycles. The third-order valence-corrected chi connectivity index (χ3v) is 4.59. The summed E-state index contributed by atoms with van der Waals surface area (Å²) in [6.45, 7) is 0.572. The van der Waals surface area contributed by atoms with Crippen molar-refractivity contribution in [1.29, 1.82) is 0 Å². The molecule has 0 aliphatic carbocycles. The van der Waals surface area contributed by atoms with Crippen LogP contribution in [0.3, 0.4) is 0 Å². The first kappa shape index (κ1) is 15.9. The molecule has 0 amide bonds. The predicted octanol–water partition coefficient (Wildman–Crippen LogP) is 3.92. The summed E-state index contributed by atoms with van der Waals surface area (Å²) in [6, 6.07) is 11.0. The maximum atomic E-state index is 5.88. The standard InChI is InChI=1S/C16H12ClN5O2S/c17-12-5-3-11(4-6-12)15-20-19-14(24-15)9-25-16-21-18-10-22(16)8-13-2-1-7-23-13/h1-7,10H,8-9H2. The molecule has 0 atom stereocenters. The van der Waals surface area contributed by atoms with E-state index in [2.05, 4.69) is 20.4 Å². The van der Waals surface area contributed by atoms with Gasteiger partial charge in [0.15, 0.2) is 5.16 Å². The topological polar surface area (TPSA) is 82.8 Å². The molecule has 0 bridgehead atoms. The Morgan fingerprint density at radius 2 is 1.96 bits per heavy atom. The fraction of sp³-hybridized carbons (Fsp3) is 0.125. The van der Waals surface area contributed by atoms with Crippen molar-refractivity contribution in [3.8, 4) is 11.5 Å². The maximum absolute atomic E-state index is 5.88. The minimum atomic E-state index is 0.462. The Kier molecular flexibility index (Phi) is 4.53. The Hall–Kier alpha value is -2.58. The van der Waals surface area contributed by atoms with Crippen molar-refractivity contribution in [3.05, 3.63) is 65.7 Å². The maximum Gasteiger partial charge on any atom is 0.247 e. The van der Waals surface area contributed by atoms with E-state index in [0.717, 1.165) is 16.5 Å². The Morgan fingerprint density at radius 3 is 2.76 bits per heavy atom. The summed E-state index contributed by atoms with van der Waals surface area (Å²) in [5.41, 5.74) is 0.828. The summed E-state index contributed by atoms with van der Waals surface area (Å²) in [7, 11) is 0. The number of hydrogen-bond acceptors (Lipinski definition) is 7. The lowest BCUT2D eigenvalue weighted by atomic mass is 10.2. The summed E-state index contributed by atoms with van der Waals surface area (Å²) in [6.07, 6.45) is 3.31. The smallest absolute Gasteiger partial charge is 0.247 e. The molecule has 4 rings (SSSR count). The molecule has 126 valence electrons. The largest absolute Gasteiger partial charge is 0.467 e. The van der Waals surface area contributed by atoms with Gasteiger partial charge in [0, 0.05) is 10.6 Å². The van der Waals surface area contributed by atoms with E-state index in [1.807, 2.05) is 28.8 Å². The van der Waals surface area contributed by atoms with Crippen molar-refractivity contribution in [2.24, 2.45) is 0 Å². The van der Waals surface area contributed by atoms with Gasteiger partial charge in [0.25, 0.3) is 0 Å². The SMILES string of the molecule is Clc1ccc(-c2nnc(CSc3nncn3Cc3ccco3)o2)cc1. The number of nitrogens with zero attached hydrogens (tertiary/aromatic N) is 5. The highest BCUT2D eigenvalue weighted by Crippen LogP contribution is 2.24. The summed E-state index contributed by atoms with van der Waals surface area (Å²) in [5.74, 6) is 2.31. The number of furan rings is 1. The van der Waals surface area contributed by atoms with Gasteiger partial charge in [-0.05, 0) is 36.4 Å². The first-order valence-corrected chi connectivity index (χ1v) is 8.75. The van der Waals surface area contributed by atoms with Crippen molar-refractivity contribution >= 4 is 23.4 Å². The predicted molar refractivity (Wildman–Crippen MR) is 92.1 cm³/mol. The number of hydrogen-bond donors (Lipinski definition) is 0. The van der Waals surface area contributed by atoms with Gasteiger partial charge in [-0.2, -0.15) is 0 Å². The van der Waals surface area contributed by atoms with Crippen molar-refractivity contribution < 1.29 is 8.83 Å². The molecule has 0 aliphatic rings. The van der Waals surface area contributed by atoms with Crippen molar-refractivity contribution in [3.63, 3.8) is 0 Å². The summed E-state index contributed by atoms with van der Waals surface area (Å²) in [4.78, 5) is 0. The highest BCUT2D eigenvalue weighted by Gasteiger charge is 2.12. The molecule has 0 saturated heterocycles. The van der Waals surface area contributed by atoms with E-state index in [-0.39, 0.29) is 0 Å². The number of rotatable bonds is 6. The third kappa shape index (κ3) is 3.75. The summed E-state index contributed by atoms with van der Waals surface area (Å²) < 4.78 is 12.9. The molecule has 25 heavy (non-hydrogen) atoms. The van der Waals surface area contributed by atoms with Crippen LogP contribution in [-0.2, 0) is 12.3 Å². The molecule has 3 heterocycles. The second kappa shape index (κ2) is 7.12. The number of halogens is 1. The molecule has 0 spiro atoms. The minimum absolute atomic E-state index is 0.462. The molecule has 4 aromatic rings. The quantitative estimate of drug-likeness (QED) is 0.474. The van der Waals surface area contributed by atoms with Gasteiger partial charge in [-0.1, -0.05) is 23.4 Å². The molecule has 7 nitrogen and oxygen atoms in total. The summed E-state index contributed by atoms with van der Waals surface area (Å²) in [5, 5.41) is 17.6. The van der Waals surface area contributed by atoms with Gasteiger partial charge in [0.2, 0.25) is 11.8 Å². The first-order chi connectivity index (χ1) is 12.3. The van der Waals surface area contributed by atoms with Gasteiger partial charge in [-0.3, -0.25) is 0 Å². The van der Waals surface area contributed by atoms with Crippen molar-refractivity contribution in [2.45, 2.75) is 17.5 Å². The summed E-state index contributed by atoms with van der Waals surface area (Å²) >= 11 is 7.35. The average Bonchev–Trinajstić information content (AvgIpc) is 3.36. The number of aromatic nitrogens is 5. The molecule has 0 aliphatic heterocycles. The second-order valence-corrected chi connectivity index (χ2v) is 6.50. The molecule has 0 fully saturated rings. The van der Waals surface area contributed by atoms with Gasteiger partial charge >= 0.3 is 0 Å². The molecule has 0 N–H and O–H groups in total. The van der Waals surface area contributed by atoms with Crippen LogP contribution in [0.25, 0.3) is 11.5 Å². The highest BCUT2D eigenvalue weighted by atomic mass is 35.5. The molecule has 0 saturated carbocycles. The van der Waals surface area contributed by atoms with Crippen LogP contribution in [0.15, 0.2) is 63.0 Å². The Morgan fingerprint density at radius 1 is 1.08 bits per heavy atom. The van der Waals surface area contributed by atoms with E-state index in [9.17, 15) is 0 Å². The monoisotopic (exact) mass is 373 g/mol. The molecule has 0 unspecified atom stereocenters. The number of benzene rings is 1. The molecule has 9 heteroatoms. The molecular formula is C16H12ClN5O2S. The zero-order valence-electron chi connectivity index (χ0n) is 12.9. The van der Waals surface area contributed by atoms with Crippen LogP contribution >= 0.6 is 23.4 Å². The highest BCUT2D eigenvalue weighted by molar-refractivity contribution is 7.98. The zero-order valence-corrected chi connectivity index (χ0v) is 14.4. The van der Waals surface area contributed by atoms with E-state index in [1.165, 1.54) is 11.8 Å². The van der Waals surface area contributed by atoms with Crippen molar-refractivity contribution in [2.75, 3.05) is 0 Å². The molecule has 0 radical (unpaired) electrons. The van der Waals surface area contributed by atoms with Gasteiger partial charge in [0.1, 0.15) is 12.1 Å². The van der Waals surface area contributed by atoms with Crippen molar-refractivity contribution in [1.82, 2.24) is 25.0 Å². The number of thioether (sulfide) groups is 1. The lowest BCUT2D eigenvalue weighted by Gasteiger charge is -2.02. The Bertz CT molecular complexity index is 949. The van der Waals surface area contributed by atoms with E-state index < -0.39 is 0 Å². The van der Waals surface area contributed by atoms with E-state index in [1.54, 1.807) is 24.7 Å². The first-order valence-electron chi connectivity index (χ1n) is 7.39. The van der Waals surface area contributed by atoms with Gasteiger partial charge in [-0.15, -0.1) is 20.4 Å². The van der Waals surface area contributed by atoms with Crippen LogP contribution < -0.4 is 0 Å².